The minimum Gasteiger partial charge on any atom is -0.381 e. The van der Waals surface area contributed by atoms with E-state index in [1.54, 1.807) is 0 Å². The molecule has 4 nitrogen and oxygen atoms in total. The molecular weight excluding hydrogens is 228 g/mol. The molecule has 18 heavy (non-hydrogen) atoms. The minimum absolute atomic E-state index is 0.170. The molecule has 0 spiro atoms. The number of ether oxygens (including phenoxy) is 1. The second kappa shape index (κ2) is 6.02. The lowest BCUT2D eigenvalue weighted by atomic mass is 10.0. The van der Waals surface area contributed by atoms with E-state index in [0.29, 0.717) is 5.92 Å². The number of nitrogens with zero attached hydrogens (tertiary/aromatic N) is 1. The Morgan fingerprint density at radius 2 is 2.11 bits per heavy atom. The third kappa shape index (κ3) is 3.23. The van der Waals surface area contributed by atoms with Crippen molar-refractivity contribution in [3.8, 4) is 0 Å². The van der Waals surface area contributed by atoms with Crippen molar-refractivity contribution in [2.45, 2.75) is 45.1 Å². The van der Waals surface area contributed by atoms with Gasteiger partial charge in [-0.1, -0.05) is 0 Å². The van der Waals surface area contributed by atoms with Crippen LogP contribution in [0.1, 0.15) is 39.5 Å². The smallest absolute Gasteiger partial charge is 0.239 e. The Morgan fingerprint density at radius 1 is 1.39 bits per heavy atom. The summed E-state index contributed by atoms with van der Waals surface area (Å²) in [5.41, 5.74) is -0.358. The summed E-state index contributed by atoms with van der Waals surface area (Å²) in [4.78, 5) is 14.5. The maximum atomic E-state index is 12.2. The molecule has 2 saturated heterocycles. The molecule has 0 radical (unpaired) electrons. The fourth-order valence-electron chi connectivity index (χ4n) is 2.84. The number of likely N-dealkylation sites (tertiary alicyclic amines) is 1. The van der Waals surface area contributed by atoms with E-state index in [1.165, 1.54) is 12.8 Å². The molecule has 0 bridgehead atoms. The van der Waals surface area contributed by atoms with Gasteiger partial charge in [0, 0.05) is 19.8 Å². The number of amides is 1. The van der Waals surface area contributed by atoms with Crippen molar-refractivity contribution in [1.82, 2.24) is 10.2 Å². The Labute approximate surface area is 110 Å². The summed E-state index contributed by atoms with van der Waals surface area (Å²) >= 11 is 0. The molecule has 2 fully saturated rings. The summed E-state index contributed by atoms with van der Waals surface area (Å²) in [5, 5.41) is 3.09. The molecule has 2 rings (SSSR count). The molecule has 0 saturated carbocycles. The zero-order valence-corrected chi connectivity index (χ0v) is 11.7. The first-order valence-corrected chi connectivity index (χ1v) is 7.22. The summed E-state index contributed by atoms with van der Waals surface area (Å²) in [5.74, 6) is 0.809. The quantitative estimate of drug-likeness (QED) is 0.806. The van der Waals surface area contributed by atoms with Crippen LogP contribution in [0.5, 0.6) is 0 Å². The lowest BCUT2D eigenvalue weighted by Crippen LogP contribution is -2.54. The van der Waals surface area contributed by atoms with Crippen molar-refractivity contribution in [3.05, 3.63) is 0 Å². The van der Waals surface area contributed by atoms with Crippen LogP contribution in [0.2, 0.25) is 0 Å². The van der Waals surface area contributed by atoms with E-state index in [2.05, 4.69) is 10.2 Å². The first-order chi connectivity index (χ1) is 8.60. The van der Waals surface area contributed by atoms with Crippen molar-refractivity contribution in [1.29, 1.82) is 0 Å². The standard InChI is InChI=1S/C14H26N2O2/c1-14(2,16-8-3-4-9-16)13(17)15-7-5-12-6-10-18-11-12/h12H,3-11H2,1-2H3,(H,15,17)/t12-/m1/s1. The van der Waals surface area contributed by atoms with Crippen LogP contribution in [-0.2, 0) is 9.53 Å². The Hall–Kier alpha value is -0.610. The van der Waals surface area contributed by atoms with Gasteiger partial charge in [-0.2, -0.15) is 0 Å². The van der Waals surface area contributed by atoms with Crippen molar-refractivity contribution in [2.75, 3.05) is 32.8 Å². The normalized spacial score (nSPS) is 25.6. The highest BCUT2D eigenvalue weighted by molar-refractivity contribution is 5.85. The molecule has 0 aromatic carbocycles. The van der Waals surface area contributed by atoms with Gasteiger partial charge in [-0.05, 0) is 58.5 Å². The van der Waals surface area contributed by atoms with Crippen LogP contribution in [-0.4, -0.2) is 49.2 Å². The molecule has 2 aliphatic rings. The van der Waals surface area contributed by atoms with E-state index in [4.69, 9.17) is 4.74 Å². The van der Waals surface area contributed by atoms with Gasteiger partial charge in [-0.15, -0.1) is 0 Å². The minimum atomic E-state index is -0.358. The Balaban J connectivity index is 1.72. The summed E-state index contributed by atoms with van der Waals surface area (Å²) in [7, 11) is 0. The van der Waals surface area contributed by atoms with E-state index in [0.717, 1.165) is 45.7 Å². The molecule has 104 valence electrons. The number of hydrogen-bond acceptors (Lipinski definition) is 3. The van der Waals surface area contributed by atoms with Gasteiger partial charge in [0.05, 0.1) is 5.54 Å². The van der Waals surface area contributed by atoms with Crippen LogP contribution < -0.4 is 5.32 Å². The number of carbonyl (C=O) groups excluding carboxylic acids is 1. The average Bonchev–Trinajstić information content (AvgIpc) is 3.02. The van der Waals surface area contributed by atoms with E-state index in [-0.39, 0.29) is 11.4 Å². The molecule has 4 heteroatoms. The first-order valence-electron chi connectivity index (χ1n) is 7.22. The van der Waals surface area contributed by atoms with Crippen molar-refractivity contribution in [2.24, 2.45) is 5.92 Å². The first kappa shape index (κ1) is 13.8. The van der Waals surface area contributed by atoms with Gasteiger partial charge < -0.3 is 10.1 Å². The Bertz CT molecular complexity index is 280. The van der Waals surface area contributed by atoms with Crippen LogP contribution in [0.3, 0.4) is 0 Å². The lowest BCUT2D eigenvalue weighted by molar-refractivity contribution is -0.131. The molecule has 1 amide bonds. The van der Waals surface area contributed by atoms with Gasteiger partial charge in [0.1, 0.15) is 0 Å². The highest BCUT2D eigenvalue weighted by atomic mass is 16.5. The zero-order valence-electron chi connectivity index (χ0n) is 11.7. The van der Waals surface area contributed by atoms with E-state index < -0.39 is 0 Å². The predicted octanol–water partition coefficient (Wildman–Crippen LogP) is 1.40. The van der Waals surface area contributed by atoms with Gasteiger partial charge in [-0.25, -0.2) is 0 Å². The topological polar surface area (TPSA) is 41.6 Å². The number of carbonyl (C=O) groups is 1. The fraction of sp³-hybridized carbons (Fsp3) is 0.929. The van der Waals surface area contributed by atoms with Crippen molar-refractivity contribution < 1.29 is 9.53 Å². The van der Waals surface area contributed by atoms with Gasteiger partial charge >= 0.3 is 0 Å². The zero-order chi connectivity index (χ0) is 13.0. The van der Waals surface area contributed by atoms with Crippen molar-refractivity contribution in [3.63, 3.8) is 0 Å². The SMILES string of the molecule is CC(C)(C(=O)NCC[C@@H]1CCOC1)N1CCCC1. The summed E-state index contributed by atoms with van der Waals surface area (Å²) < 4.78 is 5.34. The largest absolute Gasteiger partial charge is 0.381 e. The maximum absolute atomic E-state index is 12.2. The monoisotopic (exact) mass is 254 g/mol. The molecule has 2 heterocycles. The summed E-state index contributed by atoms with van der Waals surface area (Å²) in [6.45, 7) is 8.71. The number of nitrogens with one attached hydrogen (secondary N) is 1. The van der Waals surface area contributed by atoms with Crippen LogP contribution >= 0.6 is 0 Å². The molecule has 0 unspecified atom stereocenters. The average molecular weight is 254 g/mol. The number of rotatable bonds is 5. The molecule has 2 aliphatic heterocycles. The van der Waals surface area contributed by atoms with E-state index >= 15 is 0 Å². The highest BCUT2D eigenvalue weighted by Gasteiger charge is 2.35. The predicted molar refractivity (Wildman–Crippen MR) is 71.4 cm³/mol. The molecular formula is C14H26N2O2. The summed E-state index contributed by atoms with van der Waals surface area (Å²) in [6, 6.07) is 0. The van der Waals surface area contributed by atoms with Crippen LogP contribution in [0.15, 0.2) is 0 Å². The molecule has 0 aromatic heterocycles. The number of hydrogen-bond donors (Lipinski definition) is 1. The second-order valence-electron chi connectivity index (χ2n) is 6.03. The highest BCUT2D eigenvalue weighted by Crippen LogP contribution is 2.21. The van der Waals surface area contributed by atoms with Crippen LogP contribution in [0, 0.1) is 5.92 Å². The van der Waals surface area contributed by atoms with Gasteiger partial charge in [-0.3, -0.25) is 9.69 Å². The van der Waals surface area contributed by atoms with Crippen LogP contribution in [0.25, 0.3) is 0 Å². The molecule has 1 N–H and O–H groups in total. The summed E-state index contributed by atoms with van der Waals surface area (Å²) in [6.07, 6.45) is 4.62. The Kier molecular flexibility index (Phi) is 4.62. The lowest BCUT2D eigenvalue weighted by Gasteiger charge is -2.33. The van der Waals surface area contributed by atoms with Gasteiger partial charge in [0.15, 0.2) is 0 Å². The third-order valence-electron chi connectivity index (χ3n) is 4.31. The van der Waals surface area contributed by atoms with Crippen molar-refractivity contribution >= 4 is 5.91 Å². The Morgan fingerprint density at radius 3 is 2.72 bits per heavy atom. The molecule has 1 atom stereocenters. The van der Waals surface area contributed by atoms with Gasteiger partial charge in [0.25, 0.3) is 0 Å². The van der Waals surface area contributed by atoms with Gasteiger partial charge in [0.2, 0.25) is 5.91 Å². The molecule has 0 aromatic rings. The fourth-order valence-corrected chi connectivity index (χ4v) is 2.84. The molecule has 0 aliphatic carbocycles. The van der Waals surface area contributed by atoms with E-state index in [1.807, 2.05) is 13.8 Å². The second-order valence-corrected chi connectivity index (χ2v) is 6.03. The van der Waals surface area contributed by atoms with Crippen LogP contribution in [0.4, 0.5) is 0 Å². The van der Waals surface area contributed by atoms with E-state index in [9.17, 15) is 4.79 Å². The maximum Gasteiger partial charge on any atom is 0.239 e. The third-order valence-corrected chi connectivity index (χ3v) is 4.31.